The molecule has 0 heterocycles. The van der Waals surface area contributed by atoms with E-state index in [-0.39, 0.29) is 5.97 Å². The summed E-state index contributed by atoms with van der Waals surface area (Å²) in [5.74, 6) is -0.361. The van der Waals surface area contributed by atoms with E-state index in [1.807, 2.05) is 20.8 Å². The van der Waals surface area contributed by atoms with Gasteiger partial charge in [0.1, 0.15) is 5.60 Å². The smallest absolute Gasteiger partial charge is 0.335 e. The van der Waals surface area contributed by atoms with Crippen LogP contribution >= 0.6 is 0 Å². The normalized spacial score (nSPS) is 13.2. The van der Waals surface area contributed by atoms with Gasteiger partial charge in [-0.15, -0.1) is 0 Å². The van der Waals surface area contributed by atoms with Crippen LogP contribution in [0.5, 0.6) is 0 Å². The molecule has 0 saturated carbocycles. The van der Waals surface area contributed by atoms with Crippen LogP contribution in [0.2, 0.25) is 0 Å². The third-order valence-corrected chi connectivity index (χ3v) is 2.14. The molecule has 0 aromatic heterocycles. The fraction of sp³-hybridized carbons (Fsp3) is 0.929. The van der Waals surface area contributed by atoms with Crippen molar-refractivity contribution in [2.75, 3.05) is 46.8 Å². The van der Waals surface area contributed by atoms with E-state index in [9.17, 15) is 4.79 Å². The molecule has 0 fully saturated rings. The van der Waals surface area contributed by atoms with Gasteiger partial charge in [0.25, 0.3) is 0 Å². The van der Waals surface area contributed by atoms with Crippen molar-refractivity contribution in [3.05, 3.63) is 0 Å². The second kappa shape index (κ2) is 11.0. The maximum absolute atomic E-state index is 11.6. The predicted molar refractivity (Wildman–Crippen MR) is 74.8 cm³/mol. The molecular formula is C14H28O6. The summed E-state index contributed by atoms with van der Waals surface area (Å²) in [6, 6.07) is 0. The van der Waals surface area contributed by atoms with Crippen LogP contribution in [-0.2, 0) is 28.5 Å². The van der Waals surface area contributed by atoms with Crippen LogP contribution in [0.4, 0.5) is 0 Å². The first kappa shape index (κ1) is 19.3. The molecule has 0 spiro atoms. The highest BCUT2D eigenvalue weighted by Gasteiger charge is 2.21. The fourth-order valence-corrected chi connectivity index (χ4v) is 1.20. The number of hydrogen-bond acceptors (Lipinski definition) is 6. The van der Waals surface area contributed by atoms with Crippen LogP contribution < -0.4 is 0 Å². The SMILES string of the molecule is COCCOCCOCCOC(C)C(=O)OC(C)(C)C. The van der Waals surface area contributed by atoms with E-state index in [1.54, 1.807) is 14.0 Å². The molecule has 0 amide bonds. The zero-order valence-electron chi connectivity index (χ0n) is 13.3. The topological polar surface area (TPSA) is 63.2 Å². The Morgan fingerprint density at radius 1 is 0.950 bits per heavy atom. The molecular weight excluding hydrogens is 264 g/mol. The lowest BCUT2D eigenvalue weighted by Gasteiger charge is -2.22. The summed E-state index contributed by atoms with van der Waals surface area (Å²) in [4.78, 5) is 11.6. The van der Waals surface area contributed by atoms with Crippen LogP contribution in [-0.4, -0.2) is 64.4 Å². The maximum Gasteiger partial charge on any atom is 0.335 e. The molecule has 120 valence electrons. The maximum atomic E-state index is 11.6. The molecule has 0 saturated heterocycles. The summed E-state index contributed by atoms with van der Waals surface area (Å²) >= 11 is 0. The minimum Gasteiger partial charge on any atom is -0.458 e. The predicted octanol–water partition coefficient (Wildman–Crippen LogP) is 1.41. The van der Waals surface area contributed by atoms with Gasteiger partial charge in [-0.25, -0.2) is 4.79 Å². The summed E-state index contributed by atoms with van der Waals surface area (Å²) in [6.07, 6.45) is -0.587. The number of hydrogen-bond donors (Lipinski definition) is 0. The molecule has 1 atom stereocenters. The molecule has 0 N–H and O–H groups in total. The Morgan fingerprint density at radius 3 is 1.95 bits per heavy atom. The molecule has 0 bridgehead atoms. The minimum absolute atomic E-state index is 0.346. The van der Waals surface area contributed by atoms with Gasteiger partial charge in [0.2, 0.25) is 0 Å². The first-order valence-corrected chi connectivity index (χ1v) is 6.85. The Hall–Kier alpha value is -0.690. The van der Waals surface area contributed by atoms with Gasteiger partial charge >= 0.3 is 5.97 Å². The first-order valence-electron chi connectivity index (χ1n) is 6.85. The lowest BCUT2D eigenvalue weighted by molar-refractivity contribution is -0.168. The van der Waals surface area contributed by atoms with Crippen molar-refractivity contribution in [3.8, 4) is 0 Å². The average molecular weight is 292 g/mol. The van der Waals surface area contributed by atoms with Gasteiger partial charge < -0.3 is 23.7 Å². The number of ether oxygens (including phenoxy) is 5. The van der Waals surface area contributed by atoms with Crippen LogP contribution in [0.15, 0.2) is 0 Å². The lowest BCUT2D eigenvalue weighted by Crippen LogP contribution is -2.32. The van der Waals surface area contributed by atoms with E-state index in [0.29, 0.717) is 39.6 Å². The van der Waals surface area contributed by atoms with Gasteiger partial charge in [-0.2, -0.15) is 0 Å². The highest BCUT2D eigenvalue weighted by atomic mass is 16.6. The summed E-state index contributed by atoms with van der Waals surface area (Å²) < 4.78 is 25.9. The number of methoxy groups -OCH3 is 1. The van der Waals surface area contributed by atoms with Crippen molar-refractivity contribution in [1.82, 2.24) is 0 Å². The van der Waals surface area contributed by atoms with Gasteiger partial charge in [0.15, 0.2) is 6.10 Å². The number of esters is 1. The minimum atomic E-state index is -0.587. The monoisotopic (exact) mass is 292 g/mol. The molecule has 0 aromatic rings. The fourth-order valence-electron chi connectivity index (χ4n) is 1.20. The third kappa shape index (κ3) is 12.3. The Labute approximate surface area is 121 Å². The van der Waals surface area contributed by atoms with E-state index in [2.05, 4.69) is 0 Å². The van der Waals surface area contributed by atoms with Gasteiger partial charge in [-0.05, 0) is 27.7 Å². The quantitative estimate of drug-likeness (QED) is 0.424. The van der Waals surface area contributed by atoms with Gasteiger partial charge in [-0.1, -0.05) is 0 Å². The Balaban J connectivity index is 3.44. The zero-order chi connectivity index (χ0) is 15.4. The molecule has 0 radical (unpaired) electrons. The van der Waals surface area contributed by atoms with Crippen LogP contribution in [0.3, 0.4) is 0 Å². The molecule has 6 nitrogen and oxygen atoms in total. The van der Waals surface area contributed by atoms with Crippen molar-refractivity contribution >= 4 is 5.97 Å². The van der Waals surface area contributed by atoms with Crippen molar-refractivity contribution in [1.29, 1.82) is 0 Å². The van der Waals surface area contributed by atoms with Gasteiger partial charge in [0, 0.05) is 7.11 Å². The summed E-state index contributed by atoms with van der Waals surface area (Å²) in [5, 5.41) is 0. The molecule has 20 heavy (non-hydrogen) atoms. The number of carbonyl (C=O) groups excluding carboxylic acids is 1. The molecule has 6 heteroatoms. The molecule has 0 aliphatic rings. The number of rotatable bonds is 11. The van der Waals surface area contributed by atoms with Crippen LogP contribution in [0.25, 0.3) is 0 Å². The van der Waals surface area contributed by atoms with E-state index in [1.165, 1.54) is 0 Å². The van der Waals surface area contributed by atoms with Crippen molar-refractivity contribution in [3.63, 3.8) is 0 Å². The molecule has 0 rings (SSSR count). The van der Waals surface area contributed by atoms with Crippen molar-refractivity contribution in [2.45, 2.75) is 39.4 Å². The van der Waals surface area contributed by atoms with E-state index in [0.717, 1.165) is 0 Å². The van der Waals surface area contributed by atoms with Gasteiger partial charge in [-0.3, -0.25) is 0 Å². The summed E-state index contributed by atoms with van der Waals surface area (Å²) in [7, 11) is 1.63. The Morgan fingerprint density at radius 2 is 1.45 bits per heavy atom. The van der Waals surface area contributed by atoms with E-state index < -0.39 is 11.7 Å². The van der Waals surface area contributed by atoms with E-state index in [4.69, 9.17) is 23.7 Å². The van der Waals surface area contributed by atoms with Gasteiger partial charge in [0.05, 0.1) is 39.6 Å². The van der Waals surface area contributed by atoms with Crippen LogP contribution in [0.1, 0.15) is 27.7 Å². The number of carbonyl (C=O) groups is 1. The Bertz CT molecular complexity index is 249. The summed E-state index contributed by atoms with van der Waals surface area (Å²) in [5.41, 5.74) is -0.495. The first-order chi connectivity index (χ1) is 9.37. The van der Waals surface area contributed by atoms with Crippen LogP contribution in [0, 0.1) is 0 Å². The van der Waals surface area contributed by atoms with Crippen molar-refractivity contribution < 1.29 is 28.5 Å². The second-order valence-corrected chi connectivity index (χ2v) is 5.26. The zero-order valence-corrected chi connectivity index (χ0v) is 13.3. The largest absolute Gasteiger partial charge is 0.458 e. The second-order valence-electron chi connectivity index (χ2n) is 5.26. The lowest BCUT2D eigenvalue weighted by atomic mass is 10.2. The standard InChI is InChI=1S/C14H28O6/c1-12(13(15)20-14(2,3)4)19-11-10-18-9-8-17-7-6-16-5/h12H,6-11H2,1-5H3. The highest BCUT2D eigenvalue weighted by molar-refractivity contribution is 5.74. The molecule has 0 aliphatic carbocycles. The Kier molecular flexibility index (Phi) is 10.6. The molecule has 0 aromatic carbocycles. The highest BCUT2D eigenvalue weighted by Crippen LogP contribution is 2.09. The van der Waals surface area contributed by atoms with E-state index >= 15 is 0 Å². The molecule has 0 aliphatic heterocycles. The average Bonchev–Trinajstić information content (AvgIpc) is 2.34. The summed E-state index contributed by atoms with van der Waals surface area (Å²) in [6.45, 7) is 10.1. The van der Waals surface area contributed by atoms with Crippen molar-refractivity contribution in [2.24, 2.45) is 0 Å². The molecule has 1 unspecified atom stereocenters. The third-order valence-electron chi connectivity index (χ3n) is 2.14.